The van der Waals surface area contributed by atoms with Gasteiger partial charge in [-0.2, -0.15) is 0 Å². The fraction of sp³-hybridized carbons (Fsp3) is 0.250. The van der Waals surface area contributed by atoms with E-state index in [1.807, 2.05) is 50.2 Å². The molecule has 0 spiro atoms. The molecule has 1 heterocycles. The molecule has 0 saturated heterocycles. The first-order valence-electron chi connectivity index (χ1n) is 13.1. The van der Waals surface area contributed by atoms with Crippen molar-refractivity contribution in [1.82, 2.24) is 10.3 Å². The monoisotopic (exact) mass is 559 g/mol. The lowest BCUT2D eigenvalue weighted by atomic mass is 9.90. The lowest BCUT2D eigenvalue weighted by molar-refractivity contribution is 0.0410. The molecule has 0 aliphatic heterocycles. The van der Waals surface area contributed by atoms with Crippen LogP contribution in [-0.2, 0) is 6.54 Å². The Bertz CT molecular complexity index is 1520. The highest BCUT2D eigenvalue weighted by atomic mass is 19.1. The highest BCUT2D eigenvalue weighted by Gasteiger charge is 2.28. The second kappa shape index (κ2) is 13.0. The number of nitrogens with zero attached hydrogens (tertiary/aromatic N) is 1. The smallest absolute Gasteiger partial charge is 0.274 e. The molecule has 0 atom stereocenters. The molecule has 0 bridgehead atoms. The lowest BCUT2D eigenvalue weighted by Gasteiger charge is -2.29. The number of rotatable bonds is 11. The molecule has 8 nitrogen and oxygen atoms in total. The van der Waals surface area contributed by atoms with Gasteiger partial charge in [0.05, 0.1) is 32.5 Å². The quantitative estimate of drug-likeness (QED) is 0.186. The van der Waals surface area contributed by atoms with E-state index in [0.29, 0.717) is 16.9 Å². The molecule has 0 aliphatic carbocycles. The van der Waals surface area contributed by atoms with Crippen molar-refractivity contribution < 1.29 is 29.2 Å². The number of hydrogen-bond donors (Lipinski definition) is 5. The van der Waals surface area contributed by atoms with Crippen molar-refractivity contribution in [2.75, 3.05) is 32.2 Å². The average Bonchev–Trinajstić information content (AvgIpc) is 3.00. The Morgan fingerprint density at radius 3 is 2.20 bits per heavy atom. The van der Waals surface area contributed by atoms with Crippen LogP contribution >= 0.6 is 0 Å². The summed E-state index contributed by atoms with van der Waals surface area (Å²) < 4.78 is 21.0. The predicted molar refractivity (Wildman–Crippen MR) is 156 cm³/mol. The van der Waals surface area contributed by atoms with Gasteiger partial charge in [-0.3, -0.25) is 9.78 Å². The van der Waals surface area contributed by atoms with E-state index in [1.54, 1.807) is 30.5 Å². The second-order valence-electron chi connectivity index (χ2n) is 9.87. The van der Waals surface area contributed by atoms with Gasteiger partial charge >= 0.3 is 0 Å². The van der Waals surface area contributed by atoms with Gasteiger partial charge in [0, 0.05) is 24.0 Å². The van der Waals surface area contributed by atoms with Crippen molar-refractivity contribution in [1.29, 1.82) is 0 Å². The highest BCUT2D eigenvalue weighted by Crippen LogP contribution is 2.37. The largest absolute Gasteiger partial charge is 0.496 e. The minimum absolute atomic E-state index is 0.0772. The maximum absolute atomic E-state index is 15.5. The number of benzene rings is 3. The zero-order valence-electron chi connectivity index (χ0n) is 23.2. The third-order valence-corrected chi connectivity index (χ3v) is 7.34. The number of halogens is 1. The zero-order valence-corrected chi connectivity index (χ0v) is 23.2. The normalized spacial score (nSPS) is 11.4. The van der Waals surface area contributed by atoms with Gasteiger partial charge < -0.3 is 30.7 Å². The van der Waals surface area contributed by atoms with Crippen molar-refractivity contribution in [3.63, 3.8) is 0 Å². The van der Waals surface area contributed by atoms with Crippen molar-refractivity contribution in [3.8, 4) is 28.0 Å². The summed E-state index contributed by atoms with van der Waals surface area (Å²) in [5.74, 6) is -0.548. The summed E-state index contributed by atoms with van der Waals surface area (Å²) in [6.45, 7) is 2.24. The van der Waals surface area contributed by atoms with Crippen molar-refractivity contribution in [3.05, 3.63) is 101 Å². The molecule has 1 amide bonds. The summed E-state index contributed by atoms with van der Waals surface area (Å²) in [6, 6.07) is 19.8. The minimum atomic E-state index is -1.36. The van der Waals surface area contributed by atoms with E-state index in [-0.39, 0.29) is 23.8 Å². The summed E-state index contributed by atoms with van der Waals surface area (Å²) in [5, 5.41) is 34.6. The van der Waals surface area contributed by atoms with Crippen LogP contribution in [-0.4, -0.2) is 58.7 Å². The molecule has 3 aromatic carbocycles. The van der Waals surface area contributed by atoms with Gasteiger partial charge in [0.15, 0.2) is 0 Å². The Morgan fingerprint density at radius 2 is 1.56 bits per heavy atom. The Kier molecular flexibility index (Phi) is 9.46. The first kappa shape index (κ1) is 29.8. The molecule has 0 saturated carbocycles. The van der Waals surface area contributed by atoms with Gasteiger partial charge in [0.2, 0.25) is 0 Å². The molecule has 214 valence electrons. The van der Waals surface area contributed by atoms with Crippen molar-refractivity contribution in [2.24, 2.45) is 0 Å². The van der Waals surface area contributed by atoms with Gasteiger partial charge in [0.25, 0.3) is 5.91 Å². The number of anilines is 1. The maximum atomic E-state index is 15.5. The molecule has 41 heavy (non-hydrogen) atoms. The number of hydrogen-bond acceptors (Lipinski definition) is 7. The molecule has 4 rings (SSSR count). The van der Waals surface area contributed by atoms with Crippen LogP contribution in [0.25, 0.3) is 22.3 Å². The number of carbonyl (C=O) groups excluding carboxylic acids is 1. The van der Waals surface area contributed by atoms with E-state index in [4.69, 9.17) is 4.74 Å². The highest BCUT2D eigenvalue weighted by molar-refractivity contribution is 6.03. The number of nitrogens with one attached hydrogen (secondary N) is 2. The fourth-order valence-electron chi connectivity index (χ4n) is 4.70. The maximum Gasteiger partial charge on any atom is 0.274 e. The molecule has 0 unspecified atom stereocenters. The Morgan fingerprint density at radius 1 is 0.902 bits per heavy atom. The second-order valence-corrected chi connectivity index (χ2v) is 9.87. The van der Waals surface area contributed by atoms with Crippen LogP contribution in [0.5, 0.6) is 5.75 Å². The number of carbonyl (C=O) groups is 1. The van der Waals surface area contributed by atoms with Crippen LogP contribution < -0.4 is 15.4 Å². The topological polar surface area (TPSA) is 124 Å². The zero-order chi connectivity index (χ0) is 29.6. The van der Waals surface area contributed by atoms with Gasteiger partial charge in [-0.15, -0.1) is 0 Å². The Balaban J connectivity index is 1.68. The number of amides is 1. The average molecular weight is 560 g/mol. The number of methoxy groups -OCH3 is 1. The van der Waals surface area contributed by atoms with Gasteiger partial charge in [-0.05, 0) is 77.6 Å². The summed E-state index contributed by atoms with van der Waals surface area (Å²) >= 11 is 0. The van der Waals surface area contributed by atoms with Gasteiger partial charge in [0.1, 0.15) is 17.3 Å². The number of aliphatic hydroxyl groups excluding tert-OH is 3. The number of aliphatic hydroxyl groups is 3. The van der Waals surface area contributed by atoms with Crippen molar-refractivity contribution in [2.45, 2.75) is 25.9 Å². The molecular weight excluding hydrogens is 525 g/mol. The number of aromatic nitrogens is 1. The van der Waals surface area contributed by atoms with E-state index in [0.717, 1.165) is 27.8 Å². The Labute approximate surface area is 238 Å². The summed E-state index contributed by atoms with van der Waals surface area (Å²) in [7, 11) is 1.44. The van der Waals surface area contributed by atoms with E-state index < -0.39 is 31.2 Å². The van der Waals surface area contributed by atoms with Gasteiger partial charge in [-0.1, -0.05) is 36.4 Å². The molecule has 9 heteroatoms. The Hall–Kier alpha value is -4.15. The summed E-state index contributed by atoms with van der Waals surface area (Å²) in [4.78, 5) is 16.8. The molecule has 0 radical (unpaired) electrons. The SMILES string of the molecule is COc1cc(-c2cccc(-c3cccc(NC(=O)c4ccccn4)c3C)c2C)cc(F)c1CNC(CO)(CO)CO. The van der Waals surface area contributed by atoms with Crippen LogP contribution in [0.3, 0.4) is 0 Å². The molecular formula is C32H34FN3O5. The lowest BCUT2D eigenvalue weighted by Crippen LogP contribution is -2.54. The van der Waals surface area contributed by atoms with E-state index in [1.165, 1.54) is 13.2 Å². The minimum Gasteiger partial charge on any atom is -0.496 e. The predicted octanol–water partition coefficient (Wildman–Crippen LogP) is 4.24. The van der Waals surface area contributed by atoms with E-state index in [9.17, 15) is 20.1 Å². The van der Waals surface area contributed by atoms with E-state index >= 15 is 4.39 Å². The van der Waals surface area contributed by atoms with Crippen LogP contribution in [0.4, 0.5) is 10.1 Å². The molecule has 0 aliphatic rings. The summed E-state index contributed by atoms with van der Waals surface area (Å²) in [5.41, 5.74) is 4.88. The third-order valence-electron chi connectivity index (χ3n) is 7.34. The number of ether oxygens (including phenoxy) is 1. The standard InChI is InChI=1S/C32H34FN3O5/c1-20-23(22-14-27(33)26(30(15-22)41-3)16-35-32(17-37,18-38)19-39)8-6-9-24(20)25-10-7-12-28(21(25)2)36-31(40)29-11-4-5-13-34-29/h4-15,35,37-39H,16-19H2,1-3H3,(H,36,40). The molecule has 5 N–H and O–H groups in total. The molecule has 1 aromatic heterocycles. The first-order valence-corrected chi connectivity index (χ1v) is 13.1. The summed E-state index contributed by atoms with van der Waals surface area (Å²) in [6.07, 6.45) is 1.57. The van der Waals surface area contributed by atoms with Crippen LogP contribution in [0.15, 0.2) is 72.9 Å². The van der Waals surface area contributed by atoms with Crippen molar-refractivity contribution >= 4 is 11.6 Å². The third kappa shape index (κ3) is 6.28. The van der Waals surface area contributed by atoms with Gasteiger partial charge in [-0.25, -0.2) is 4.39 Å². The van der Waals surface area contributed by atoms with Crippen LogP contribution in [0.1, 0.15) is 27.2 Å². The number of pyridine rings is 1. The van der Waals surface area contributed by atoms with Crippen LogP contribution in [0.2, 0.25) is 0 Å². The molecule has 0 fully saturated rings. The molecule has 4 aromatic rings. The fourth-order valence-corrected chi connectivity index (χ4v) is 4.70. The van der Waals surface area contributed by atoms with Crippen LogP contribution in [0, 0.1) is 19.7 Å². The van der Waals surface area contributed by atoms with E-state index in [2.05, 4.69) is 15.6 Å². The first-order chi connectivity index (χ1) is 19.8.